The first-order valence-electron chi connectivity index (χ1n) is 14.2. The number of unbranched alkanes of at least 4 members (excludes halogenated alkanes) is 24. The number of allylic oxidation sites excluding steroid dienone is 1. The van der Waals surface area contributed by atoms with Crippen LogP contribution in [0.1, 0.15) is 167 Å². The van der Waals surface area contributed by atoms with Crippen LogP contribution in [0.25, 0.3) is 0 Å². The maximum absolute atomic E-state index is 10.3. The summed E-state index contributed by atoms with van der Waals surface area (Å²) in [5.41, 5.74) is 0. The molecule has 0 radical (unpaired) electrons. The van der Waals surface area contributed by atoms with Crippen molar-refractivity contribution in [1.82, 2.24) is 0 Å². The fraction of sp³-hybridized carbons (Fsp3) is 0.897. The lowest BCUT2D eigenvalue weighted by molar-refractivity contribution is -0.131. The van der Waals surface area contributed by atoms with E-state index < -0.39 is 5.97 Å². The summed E-state index contributed by atoms with van der Waals surface area (Å²) in [4.78, 5) is 10.3. The smallest absolute Gasteiger partial charge is 0.327 e. The maximum atomic E-state index is 10.3. The molecule has 0 bridgehead atoms. The van der Waals surface area contributed by atoms with Crippen molar-refractivity contribution in [2.45, 2.75) is 167 Å². The normalized spacial score (nSPS) is 11.5. The Balaban J connectivity index is 3.03. The van der Waals surface area contributed by atoms with Gasteiger partial charge in [0.1, 0.15) is 0 Å². The molecule has 0 aliphatic carbocycles. The van der Waals surface area contributed by atoms with Gasteiger partial charge in [-0.15, -0.1) is 0 Å². The fourth-order valence-electron chi connectivity index (χ4n) is 4.41. The van der Waals surface area contributed by atoms with Gasteiger partial charge in [-0.05, 0) is 12.8 Å². The van der Waals surface area contributed by atoms with E-state index in [-0.39, 0.29) is 0 Å². The Morgan fingerprint density at radius 2 is 0.742 bits per heavy atom. The molecule has 0 saturated carbocycles. The SMILES string of the molecule is CCCCCCCCCCCCCCCCCCCCCCCCCCC=CC(=O)O. The van der Waals surface area contributed by atoms with Gasteiger partial charge in [-0.3, -0.25) is 0 Å². The second kappa shape index (κ2) is 27.2. The van der Waals surface area contributed by atoms with Crippen LogP contribution in [0.3, 0.4) is 0 Å². The lowest BCUT2D eigenvalue weighted by Crippen LogP contribution is -1.86. The number of rotatable bonds is 26. The van der Waals surface area contributed by atoms with Crippen molar-refractivity contribution in [2.24, 2.45) is 0 Å². The standard InChI is InChI=1S/C29H56O2/c1-2-3-4-5-6-7-8-9-10-11-12-13-14-15-16-17-18-19-20-21-22-23-24-25-26-27-28-29(30)31/h27-28H,2-26H2,1H3,(H,30,31). The molecule has 0 heterocycles. The average molecular weight is 437 g/mol. The maximum Gasteiger partial charge on any atom is 0.327 e. The third-order valence-corrected chi connectivity index (χ3v) is 6.48. The van der Waals surface area contributed by atoms with E-state index in [0.717, 1.165) is 12.8 Å². The summed E-state index contributed by atoms with van der Waals surface area (Å²) in [6.07, 6.45) is 37.8. The molecule has 0 aliphatic rings. The lowest BCUT2D eigenvalue weighted by Gasteiger charge is -2.04. The van der Waals surface area contributed by atoms with Crippen molar-refractivity contribution in [1.29, 1.82) is 0 Å². The third kappa shape index (κ3) is 29.2. The monoisotopic (exact) mass is 436 g/mol. The first-order valence-corrected chi connectivity index (χ1v) is 14.2. The van der Waals surface area contributed by atoms with E-state index in [0.29, 0.717) is 0 Å². The van der Waals surface area contributed by atoms with Gasteiger partial charge in [0.05, 0.1) is 0 Å². The summed E-state index contributed by atoms with van der Waals surface area (Å²) in [7, 11) is 0. The molecule has 184 valence electrons. The topological polar surface area (TPSA) is 37.3 Å². The molecule has 31 heavy (non-hydrogen) atoms. The molecular weight excluding hydrogens is 380 g/mol. The number of carboxylic acid groups (broad SMARTS) is 1. The van der Waals surface area contributed by atoms with E-state index in [1.165, 1.54) is 154 Å². The predicted molar refractivity (Wildman–Crippen MR) is 138 cm³/mol. The van der Waals surface area contributed by atoms with Gasteiger partial charge in [-0.2, -0.15) is 0 Å². The zero-order valence-electron chi connectivity index (χ0n) is 21.2. The number of hydrogen-bond donors (Lipinski definition) is 1. The minimum atomic E-state index is -0.829. The first kappa shape index (κ1) is 30.2. The van der Waals surface area contributed by atoms with Crippen LogP contribution in [-0.4, -0.2) is 11.1 Å². The summed E-state index contributed by atoms with van der Waals surface area (Å²) in [5.74, 6) is -0.829. The van der Waals surface area contributed by atoms with Gasteiger partial charge in [-0.1, -0.05) is 161 Å². The molecule has 0 fully saturated rings. The molecule has 0 aromatic rings. The highest BCUT2D eigenvalue weighted by molar-refractivity contribution is 5.79. The molecular formula is C29H56O2. The summed E-state index contributed by atoms with van der Waals surface area (Å²) >= 11 is 0. The van der Waals surface area contributed by atoms with Crippen LogP contribution < -0.4 is 0 Å². The van der Waals surface area contributed by atoms with E-state index in [9.17, 15) is 4.79 Å². The highest BCUT2D eigenvalue weighted by Crippen LogP contribution is 2.15. The fourth-order valence-corrected chi connectivity index (χ4v) is 4.41. The molecule has 2 nitrogen and oxygen atoms in total. The molecule has 0 rings (SSSR count). The van der Waals surface area contributed by atoms with E-state index in [4.69, 9.17) is 5.11 Å². The highest BCUT2D eigenvalue weighted by Gasteiger charge is 1.96. The van der Waals surface area contributed by atoms with Gasteiger partial charge >= 0.3 is 5.97 Å². The largest absolute Gasteiger partial charge is 0.478 e. The molecule has 0 saturated heterocycles. The van der Waals surface area contributed by atoms with Gasteiger partial charge in [0, 0.05) is 6.08 Å². The minimum absolute atomic E-state index is 0.829. The van der Waals surface area contributed by atoms with E-state index >= 15 is 0 Å². The minimum Gasteiger partial charge on any atom is -0.478 e. The predicted octanol–water partition coefficient (Wildman–Crippen LogP) is 10.4. The van der Waals surface area contributed by atoms with Crippen molar-refractivity contribution in [2.75, 3.05) is 0 Å². The van der Waals surface area contributed by atoms with Crippen molar-refractivity contribution in [3.63, 3.8) is 0 Å². The Morgan fingerprint density at radius 1 is 0.484 bits per heavy atom. The van der Waals surface area contributed by atoms with E-state index in [2.05, 4.69) is 6.92 Å². The van der Waals surface area contributed by atoms with E-state index in [1.54, 1.807) is 6.08 Å². The Bertz CT molecular complexity index is 375. The van der Waals surface area contributed by atoms with Gasteiger partial charge in [0.2, 0.25) is 0 Å². The van der Waals surface area contributed by atoms with Gasteiger partial charge in [0.25, 0.3) is 0 Å². The Kier molecular flexibility index (Phi) is 26.5. The lowest BCUT2D eigenvalue weighted by atomic mass is 10.0. The van der Waals surface area contributed by atoms with Crippen LogP contribution in [-0.2, 0) is 4.79 Å². The molecule has 2 heteroatoms. The second-order valence-electron chi connectivity index (χ2n) is 9.66. The van der Waals surface area contributed by atoms with Crippen LogP contribution in [0.2, 0.25) is 0 Å². The Hall–Kier alpha value is -0.790. The second-order valence-corrected chi connectivity index (χ2v) is 9.66. The molecule has 1 N–H and O–H groups in total. The Labute approximate surface area is 195 Å². The molecule has 0 unspecified atom stereocenters. The van der Waals surface area contributed by atoms with Gasteiger partial charge in [-0.25, -0.2) is 4.79 Å². The molecule has 0 amide bonds. The molecule has 0 aliphatic heterocycles. The number of aliphatic carboxylic acids is 1. The first-order chi connectivity index (χ1) is 15.3. The Morgan fingerprint density at radius 3 is 1.00 bits per heavy atom. The highest BCUT2D eigenvalue weighted by atomic mass is 16.4. The molecule has 0 aromatic carbocycles. The molecule has 0 spiro atoms. The summed E-state index contributed by atoms with van der Waals surface area (Å²) in [6.45, 7) is 2.29. The summed E-state index contributed by atoms with van der Waals surface area (Å²) in [5, 5.41) is 8.51. The van der Waals surface area contributed by atoms with Crippen LogP contribution in [0.4, 0.5) is 0 Å². The summed E-state index contributed by atoms with van der Waals surface area (Å²) < 4.78 is 0. The molecule has 0 atom stereocenters. The van der Waals surface area contributed by atoms with Crippen molar-refractivity contribution in [3.05, 3.63) is 12.2 Å². The number of carbonyl (C=O) groups is 1. The van der Waals surface area contributed by atoms with Crippen molar-refractivity contribution in [3.8, 4) is 0 Å². The van der Waals surface area contributed by atoms with Crippen LogP contribution >= 0.6 is 0 Å². The van der Waals surface area contributed by atoms with Crippen LogP contribution in [0.15, 0.2) is 12.2 Å². The summed E-state index contributed by atoms with van der Waals surface area (Å²) in [6, 6.07) is 0. The quantitative estimate of drug-likeness (QED) is 0.108. The molecule has 0 aromatic heterocycles. The van der Waals surface area contributed by atoms with Gasteiger partial charge < -0.3 is 5.11 Å². The average Bonchev–Trinajstić information content (AvgIpc) is 2.76. The van der Waals surface area contributed by atoms with E-state index in [1.807, 2.05) is 0 Å². The van der Waals surface area contributed by atoms with Crippen molar-refractivity contribution < 1.29 is 9.90 Å². The zero-order chi connectivity index (χ0) is 22.7. The number of hydrogen-bond acceptors (Lipinski definition) is 1. The number of carboxylic acids is 1. The van der Waals surface area contributed by atoms with Crippen LogP contribution in [0.5, 0.6) is 0 Å². The zero-order valence-corrected chi connectivity index (χ0v) is 21.2. The third-order valence-electron chi connectivity index (χ3n) is 6.48. The van der Waals surface area contributed by atoms with Crippen LogP contribution in [0, 0.1) is 0 Å². The van der Waals surface area contributed by atoms with Crippen molar-refractivity contribution >= 4 is 5.97 Å². The van der Waals surface area contributed by atoms with Gasteiger partial charge in [0.15, 0.2) is 0 Å².